The predicted octanol–water partition coefficient (Wildman–Crippen LogP) is 2.51. The van der Waals surface area contributed by atoms with Gasteiger partial charge in [-0.1, -0.05) is 29.4 Å². The third-order valence-corrected chi connectivity index (χ3v) is 2.79. The van der Waals surface area contributed by atoms with Gasteiger partial charge in [0, 0.05) is 16.3 Å². The van der Waals surface area contributed by atoms with Gasteiger partial charge in [-0.15, -0.1) is 0 Å². The van der Waals surface area contributed by atoms with Gasteiger partial charge in [0.1, 0.15) is 0 Å². The highest BCUT2D eigenvalue weighted by molar-refractivity contribution is 8.14. The monoisotopic (exact) mass is 184 g/mol. The molecule has 1 aromatic carbocycles. The summed E-state index contributed by atoms with van der Waals surface area (Å²) >= 11 is 7.03. The van der Waals surface area contributed by atoms with E-state index in [1.165, 1.54) is 11.8 Å². The Balaban J connectivity index is 2.51. The molecule has 0 amide bonds. The molecule has 11 heavy (non-hydrogen) atoms. The van der Waals surface area contributed by atoms with Crippen molar-refractivity contribution in [2.45, 2.75) is 11.3 Å². The molecule has 0 radical (unpaired) electrons. The summed E-state index contributed by atoms with van der Waals surface area (Å²) in [5.74, 6) is 0. The highest BCUT2D eigenvalue weighted by atomic mass is 35.5. The second-order valence-electron chi connectivity index (χ2n) is 2.40. The fourth-order valence-electron chi connectivity index (χ4n) is 1.08. The van der Waals surface area contributed by atoms with E-state index < -0.39 is 0 Å². The molecule has 0 atom stereocenters. The summed E-state index contributed by atoms with van der Waals surface area (Å²) in [5.41, 5.74) is 1.10. The first-order valence-electron chi connectivity index (χ1n) is 3.25. The summed E-state index contributed by atoms with van der Waals surface area (Å²) in [6.45, 7) is 0. The normalized spacial score (nSPS) is 15.2. The van der Waals surface area contributed by atoms with Crippen LogP contribution in [0.4, 0.5) is 0 Å². The number of halogens is 1. The lowest BCUT2D eigenvalue weighted by Crippen LogP contribution is -1.85. The van der Waals surface area contributed by atoms with Crippen LogP contribution in [0, 0.1) is 0 Å². The first-order chi connectivity index (χ1) is 5.25. The summed E-state index contributed by atoms with van der Waals surface area (Å²) in [7, 11) is 0. The molecule has 0 spiro atoms. The molecule has 0 saturated carbocycles. The summed E-state index contributed by atoms with van der Waals surface area (Å²) in [6, 6.07) is 5.57. The SMILES string of the molecule is O=C1Cc2ccc(Cl)cc2S1. The Morgan fingerprint density at radius 2 is 2.27 bits per heavy atom. The Morgan fingerprint density at radius 1 is 1.45 bits per heavy atom. The number of thioether (sulfide) groups is 1. The van der Waals surface area contributed by atoms with Crippen molar-refractivity contribution in [3.63, 3.8) is 0 Å². The quantitative estimate of drug-likeness (QED) is 0.617. The van der Waals surface area contributed by atoms with Crippen molar-refractivity contribution in [2.75, 3.05) is 0 Å². The van der Waals surface area contributed by atoms with E-state index in [1.54, 1.807) is 0 Å². The Labute approximate surface area is 73.7 Å². The summed E-state index contributed by atoms with van der Waals surface area (Å²) in [5, 5.41) is 0.910. The molecule has 0 fully saturated rings. The van der Waals surface area contributed by atoms with Crippen molar-refractivity contribution in [2.24, 2.45) is 0 Å². The molecular formula is C8H5ClOS. The standard InChI is InChI=1S/C8H5ClOS/c9-6-2-1-5-3-8(10)11-7(5)4-6/h1-2,4H,3H2. The van der Waals surface area contributed by atoms with Crippen LogP contribution in [0.25, 0.3) is 0 Å². The molecule has 2 rings (SSSR count). The van der Waals surface area contributed by atoms with Crippen molar-refractivity contribution in [3.05, 3.63) is 28.8 Å². The fourth-order valence-corrected chi connectivity index (χ4v) is 2.25. The first-order valence-corrected chi connectivity index (χ1v) is 4.44. The molecule has 0 bridgehead atoms. The zero-order valence-corrected chi connectivity index (χ0v) is 7.21. The topological polar surface area (TPSA) is 17.1 Å². The van der Waals surface area contributed by atoms with Crippen LogP contribution in [-0.2, 0) is 11.2 Å². The Kier molecular flexibility index (Phi) is 1.66. The van der Waals surface area contributed by atoms with Gasteiger partial charge in [0.05, 0.1) is 0 Å². The van der Waals surface area contributed by atoms with Gasteiger partial charge in [-0.05, 0) is 17.7 Å². The van der Waals surface area contributed by atoms with Crippen molar-refractivity contribution < 1.29 is 4.79 Å². The molecule has 1 aromatic rings. The van der Waals surface area contributed by atoms with Crippen molar-refractivity contribution in [1.29, 1.82) is 0 Å². The van der Waals surface area contributed by atoms with Gasteiger partial charge in [0.2, 0.25) is 0 Å². The van der Waals surface area contributed by atoms with Crippen LogP contribution in [0.15, 0.2) is 23.1 Å². The molecule has 1 aliphatic rings. The largest absolute Gasteiger partial charge is 0.286 e. The van der Waals surface area contributed by atoms with Crippen LogP contribution in [0.2, 0.25) is 5.02 Å². The predicted molar refractivity (Wildman–Crippen MR) is 46.0 cm³/mol. The number of benzene rings is 1. The zero-order valence-electron chi connectivity index (χ0n) is 5.63. The molecule has 0 unspecified atom stereocenters. The average Bonchev–Trinajstić information content (AvgIpc) is 2.27. The summed E-state index contributed by atoms with van der Waals surface area (Å²) in [6.07, 6.45) is 0.553. The van der Waals surface area contributed by atoms with E-state index in [0.29, 0.717) is 11.4 Å². The third-order valence-electron chi connectivity index (χ3n) is 1.59. The van der Waals surface area contributed by atoms with E-state index >= 15 is 0 Å². The second kappa shape index (κ2) is 2.54. The molecule has 1 heterocycles. The highest BCUT2D eigenvalue weighted by Crippen LogP contribution is 2.33. The Hall–Kier alpha value is -0.470. The van der Waals surface area contributed by atoms with Crippen LogP contribution in [0.3, 0.4) is 0 Å². The van der Waals surface area contributed by atoms with E-state index in [-0.39, 0.29) is 5.12 Å². The fraction of sp³-hybridized carbons (Fsp3) is 0.125. The van der Waals surface area contributed by atoms with E-state index in [9.17, 15) is 4.79 Å². The number of hydrogen-bond acceptors (Lipinski definition) is 2. The zero-order chi connectivity index (χ0) is 7.84. The van der Waals surface area contributed by atoms with Crippen LogP contribution in [0.1, 0.15) is 5.56 Å². The van der Waals surface area contributed by atoms with E-state index in [0.717, 1.165) is 10.5 Å². The number of carbonyl (C=O) groups is 1. The van der Waals surface area contributed by atoms with E-state index in [1.807, 2.05) is 18.2 Å². The molecule has 1 nitrogen and oxygen atoms in total. The van der Waals surface area contributed by atoms with Gasteiger partial charge < -0.3 is 0 Å². The minimum absolute atomic E-state index is 0.210. The molecule has 3 heteroatoms. The smallest absolute Gasteiger partial charge is 0.198 e. The van der Waals surface area contributed by atoms with Crippen LogP contribution in [-0.4, -0.2) is 5.12 Å². The number of carbonyl (C=O) groups excluding carboxylic acids is 1. The molecule has 56 valence electrons. The number of fused-ring (bicyclic) bond motifs is 1. The van der Waals surface area contributed by atoms with Gasteiger partial charge in [0.15, 0.2) is 5.12 Å². The van der Waals surface area contributed by atoms with Crippen molar-refractivity contribution >= 4 is 28.5 Å². The van der Waals surface area contributed by atoms with Gasteiger partial charge in [-0.2, -0.15) is 0 Å². The lowest BCUT2D eigenvalue weighted by atomic mass is 10.2. The second-order valence-corrected chi connectivity index (χ2v) is 3.94. The number of hydrogen-bond donors (Lipinski definition) is 0. The third kappa shape index (κ3) is 1.28. The summed E-state index contributed by atoms with van der Waals surface area (Å²) in [4.78, 5) is 11.9. The first kappa shape index (κ1) is 7.19. The molecule has 1 aliphatic heterocycles. The van der Waals surface area contributed by atoms with Gasteiger partial charge in [-0.25, -0.2) is 0 Å². The minimum atomic E-state index is 0.210. The summed E-state index contributed by atoms with van der Waals surface area (Å²) < 4.78 is 0. The van der Waals surface area contributed by atoms with Gasteiger partial charge in [-0.3, -0.25) is 4.79 Å². The van der Waals surface area contributed by atoms with Crippen molar-refractivity contribution in [3.8, 4) is 0 Å². The van der Waals surface area contributed by atoms with E-state index in [2.05, 4.69) is 0 Å². The molecule has 0 N–H and O–H groups in total. The molecule has 0 aromatic heterocycles. The van der Waals surface area contributed by atoms with Gasteiger partial charge in [0.25, 0.3) is 0 Å². The van der Waals surface area contributed by atoms with Crippen LogP contribution < -0.4 is 0 Å². The maximum Gasteiger partial charge on any atom is 0.198 e. The average molecular weight is 185 g/mol. The Bertz CT molecular complexity index is 322. The molecule has 0 saturated heterocycles. The minimum Gasteiger partial charge on any atom is -0.286 e. The number of rotatable bonds is 0. The van der Waals surface area contributed by atoms with Crippen LogP contribution >= 0.6 is 23.4 Å². The highest BCUT2D eigenvalue weighted by Gasteiger charge is 2.18. The van der Waals surface area contributed by atoms with Crippen LogP contribution in [0.5, 0.6) is 0 Å². The molecule has 0 aliphatic carbocycles. The maximum absolute atomic E-state index is 10.9. The van der Waals surface area contributed by atoms with Gasteiger partial charge >= 0.3 is 0 Å². The van der Waals surface area contributed by atoms with Crippen molar-refractivity contribution in [1.82, 2.24) is 0 Å². The lowest BCUT2D eigenvalue weighted by Gasteiger charge is -1.94. The van der Waals surface area contributed by atoms with E-state index in [4.69, 9.17) is 11.6 Å². The lowest BCUT2D eigenvalue weighted by molar-refractivity contribution is -0.110. The molecular weight excluding hydrogens is 180 g/mol. The maximum atomic E-state index is 10.9. The Morgan fingerprint density at radius 3 is 3.09 bits per heavy atom.